The predicted molar refractivity (Wildman–Crippen MR) is 94.9 cm³/mol. The van der Waals surface area contributed by atoms with Gasteiger partial charge in [-0.3, -0.25) is 0 Å². The number of nitrogens with zero attached hydrogens (tertiary/aromatic N) is 2. The van der Waals surface area contributed by atoms with Gasteiger partial charge in [-0.15, -0.1) is 0 Å². The van der Waals surface area contributed by atoms with Crippen molar-refractivity contribution in [3.05, 3.63) is 53.5 Å². The minimum absolute atomic E-state index is 0.0724. The molecular weight excluding hydrogens is 305 g/mol. The number of aromatic nitrogens is 1. The highest BCUT2D eigenvalue weighted by atomic mass is 19.1. The Labute approximate surface area is 142 Å². The highest BCUT2D eigenvalue weighted by molar-refractivity contribution is 5.57. The second kappa shape index (κ2) is 7.18. The van der Waals surface area contributed by atoms with Gasteiger partial charge in [-0.05, 0) is 57.0 Å². The number of aliphatic hydroxyl groups is 1. The van der Waals surface area contributed by atoms with E-state index in [2.05, 4.69) is 15.2 Å². The fraction of sp³-hybridized carbons (Fsp3) is 0.421. The third-order valence-electron chi connectivity index (χ3n) is 4.51. The average molecular weight is 329 g/mol. The number of nitrogens with one attached hydrogen (secondary N) is 1. The maximum atomic E-state index is 13.8. The maximum Gasteiger partial charge on any atom is 0.126 e. The first-order valence-corrected chi connectivity index (χ1v) is 8.45. The Morgan fingerprint density at radius 1 is 1.25 bits per heavy atom. The van der Waals surface area contributed by atoms with Crippen LogP contribution in [0.4, 0.5) is 15.9 Å². The lowest BCUT2D eigenvalue weighted by molar-refractivity contribution is 0.145. The van der Waals surface area contributed by atoms with Gasteiger partial charge in [0.15, 0.2) is 0 Å². The number of aliphatic hydroxyl groups excluding tert-OH is 1. The summed E-state index contributed by atoms with van der Waals surface area (Å²) in [5.41, 5.74) is 2.88. The molecule has 0 radical (unpaired) electrons. The molecule has 0 spiro atoms. The van der Waals surface area contributed by atoms with Crippen molar-refractivity contribution in [1.82, 2.24) is 4.98 Å². The molecule has 1 aliphatic rings. The number of benzene rings is 1. The lowest BCUT2D eigenvalue weighted by atomic mass is 10.0. The molecule has 1 atom stereocenters. The standard InChI is InChI=1S/C19H24FN3O/c1-13-4-3-5-19(21-13)22-14(2)17-12-15(20)6-7-18(17)23-10-8-16(24)9-11-23/h3-7,12,14,16,24H,8-11H2,1-2H3,(H,21,22). The molecule has 1 aliphatic heterocycles. The fourth-order valence-corrected chi connectivity index (χ4v) is 3.19. The Morgan fingerprint density at radius 2 is 2.00 bits per heavy atom. The molecule has 1 saturated heterocycles. The van der Waals surface area contributed by atoms with Crippen LogP contribution in [0.5, 0.6) is 0 Å². The van der Waals surface area contributed by atoms with Gasteiger partial charge in [0.25, 0.3) is 0 Å². The molecule has 1 aromatic carbocycles. The number of hydrogen-bond acceptors (Lipinski definition) is 4. The van der Waals surface area contributed by atoms with Gasteiger partial charge in [-0.2, -0.15) is 0 Å². The molecule has 2 aromatic rings. The molecule has 0 amide bonds. The molecule has 2 heterocycles. The van der Waals surface area contributed by atoms with Gasteiger partial charge in [0.05, 0.1) is 12.1 Å². The summed E-state index contributed by atoms with van der Waals surface area (Å²) in [5, 5.41) is 13.1. The van der Waals surface area contributed by atoms with E-state index >= 15 is 0 Å². The van der Waals surface area contributed by atoms with Gasteiger partial charge >= 0.3 is 0 Å². The van der Waals surface area contributed by atoms with Crippen LogP contribution in [0.1, 0.15) is 37.1 Å². The Kier molecular flexibility index (Phi) is 5.00. The SMILES string of the molecule is Cc1cccc(NC(C)c2cc(F)ccc2N2CCC(O)CC2)n1. The highest BCUT2D eigenvalue weighted by Crippen LogP contribution is 2.31. The van der Waals surface area contributed by atoms with E-state index in [4.69, 9.17) is 0 Å². The van der Waals surface area contributed by atoms with E-state index in [1.807, 2.05) is 38.1 Å². The zero-order valence-electron chi connectivity index (χ0n) is 14.2. The predicted octanol–water partition coefficient (Wildman–Crippen LogP) is 3.66. The smallest absolute Gasteiger partial charge is 0.126 e. The van der Waals surface area contributed by atoms with E-state index in [1.54, 1.807) is 6.07 Å². The molecule has 5 heteroatoms. The molecule has 1 aromatic heterocycles. The van der Waals surface area contributed by atoms with Gasteiger partial charge in [-0.1, -0.05) is 6.07 Å². The molecule has 1 fully saturated rings. The van der Waals surface area contributed by atoms with Crippen molar-refractivity contribution in [3.63, 3.8) is 0 Å². The Bertz CT molecular complexity index is 699. The molecule has 0 aliphatic carbocycles. The summed E-state index contributed by atoms with van der Waals surface area (Å²) < 4.78 is 13.8. The quantitative estimate of drug-likeness (QED) is 0.899. The Balaban J connectivity index is 1.84. The number of aryl methyl sites for hydroxylation is 1. The summed E-state index contributed by atoms with van der Waals surface area (Å²) in [7, 11) is 0. The van der Waals surface area contributed by atoms with Crippen molar-refractivity contribution < 1.29 is 9.50 Å². The van der Waals surface area contributed by atoms with Crippen LogP contribution in [0.3, 0.4) is 0 Å². The molecule has 128 valence electrons. The first-order valence-electron chi connectivity index (χ1n) is 8.45. The first-order chi connectivity index (χ1) is 11.5. The summed E-state index contributed by atoms with van der Waals surface area (Å²) in [6.07, 6.45) is 1.27. The topological polar surface area (TPSA) is 48.4 Å². The molecule has 4 nitrogen and oxygen atoms in total. The zero-order valence-corrected chi connectivity index (χ0v) is 14.2. The molecule has 0 saturated carbocycles. The van der Waals surface area contributed by atoms with Crippen molar-refractivity contribution in [2.45, 2.75) is 38.8 Å². The van der Waals surface area contributed by atoms with Gasteiger partial charge < -0.3 is 15.3 Å². The van der Waals surface area contributed by atoms with E-state index < -0.39 is 0 Å². The molecule has 0 bridgehead atoms. The Morgan fingerprint density at radius 3 is 2.71 bits per heavy atom. The van der Waals surface area contributed by atoms with E-state index in [-0.39, 0.29) is 18.0 Å². The Hall–Kier alpha value is -2.14. The first kappa shape index (κ1) is 16.7. The summed E-state index contributed by atoms with van der Waals surface area (Å²) >= 11 is 0. The minimum atomic E-state index is -0.239. The summed E-state index contributed by atoms with van der Waals surface area (Å²) in [6, 6.07) is 10.7. The minimum Gasteiger partial charge on any atom is -0.393 e. The zero-order chi connectivity index (χ0) is 17.1. The van der Waals surface area contributed by atoms with Gasteiger partial charge in [0.2, 0.25) is 0 Å². The third kappa shape index (κ3) is 3.85. The number of hydrogen-bond donors (Lipinski definition) is 2. The van der Waals surface area contributed by atoms with Gasteiger partial charge in [0.1, 0.15) is 11.6 Å². The lowest BCUT2D eigenvalue weighted by Gasteiger charge is -2.34. The molecule has 1 unspecified atom stereocenters. The van der Waals surface area contributed by atoms with Crippen LogP contribution in [0.2, 0.25) is 0 Å². The van der Waals surface area contributed by atoms with Crippen LogP contribution < -0.4 is 10.2 Å². The van der Waals surface area contributed by atoms with Crippen LogP contribution in [-0.2, 0) is 0 Å². The summed E-state index contributed by atoms with van der Waals surface area (Å²) in [5.74, 6) is 0.545. The van der Waals surface area contributed by atoms with Gasteiger partial charge in [-0.25, -0.2) is 9.37 Å². The van der Waals surface area contributed by atoms with Crippen LogP contribution in [0, 0.1) is 12.7 Å². The number of halogens is 1. The number of pyridine rings is 1. The number of anilines is 2. The van der Waals surface area contributed by atoms with Crippen molar-refractivity contribution in [3.8, 4) is 0 Å². The van der Waals surface area contributed by atoms with Crippen LogP contribution in [-0.4, -0.2) is 29.3 Å². The number of rotatable bonds is 4. The number of piperidine rings is 1. The van der Waals surface area contributed by atoms with Crippen LogP contribution >= 0.6 is 0 Å². The van der Waals surface area contributed by atoms with Crippen molar-refractivity contribution in [1.29, 1.82) is 0 Å². The van der Waals surface area contributed by atoms with Gasteiger partial charge in [0, 0.05) is 30.0 Å². The summed E-state index contributed by atoms with van der Waals surface area (Å²) in [4.78, 5) is 6.69. The van der Waals surface area contributed by atoms with Crippen molar-refractivity contribution in [2.24, 2.45) is 0 Å². The second-order valence-corrected chi connectivity index (χ2v) is 6.45. The third-order valence-corrected chi connectivity index (χ3v) is 4.51. The monoisotopic (exact) mass is 329 g/mol. The summed E-state index contributed by atoms with van der Waals surface area (Å²) in [6.45, 7) is 5.54. The molecule has 2 N–H and O–H groups in total. The second-order valence-electron chi connectivity index (χ2n) is 6.45. The van der Waals surface area contributed by atoms with Crippen molar-refractivity contribution in [2.75, 3.05) is 23.3 Å². The largest absolute Gasteiger partial charge is 0.393 e. The normalized spacial score (nSPS) is 16.9. The van der Waals surface area contributed by atoms with E-state index in [0.717, 1.165) is 48.7 Å². The lowest BCUT2D eigenvalue weighted by Crippen LogP contribution is -2.36. The van der Waals surface area contributed by atoms with E-state index in [1.165, 1.54) is 6.07 Å². The van der Waals surface area contributed by atoms with E-state index in [0.29, 0.717) is 0 Å². The average Bonchev–Trinajstić information content (AvgIpc) is 2.56. The molecule has 3 rings (SSSR count). The fourth-order valence-electron chi connectivity index (χ4n) is 3.19. The van der Waals surface area contributed by atoms with Crippen molar-refractivity contribution >= 4 is 11.5 Å². The maximum absolute atomic E-state index is 13.8. The van der Waals surface area contributed by atoms with Crippen LogP contribution in [0.15, 0.2) is 36.4 Å². The molecular formula is C19H24FN3O. The van der Waals surface area contributed by atoms with E-state index in [9.17, 15) is 9.50 Å². The molecule has 24 heavy (non-hydrogen) atoms. The van der Waals surface area contributed by atoms with Crippen LogP contribution in [0.25, 0.3) is 0 Å². The highest BCUT2D eigenvalue weighted by Gasteiger charge is 2.21.